The number of carbonyl (C=O) groups excluding carboxylic acids is 2. The Balaban J connectivity index is 1.85. The van der Waals surface area contributed by atoms with Gasteiger partial charge in [0.2, 0.25) is 0 Å². The van der Waals surface area contributed by atoms with Gasteiger partial charge in [0.05, 0.1) is 18.8 Å². The molecule has 120 valence electrons. The molecule has 0 unspecified atom stereocenters. The SMILES string of the molecule is COC(=O)c1ccc(C(=O)NC[C@@H](O)C2CCCCC2)cc1. The molecule has 1 aromatic rings. The Labute approximate surface area is 130 Å². The van der Waals surface area contributed by atoms with E-state index in [1.807, 2.05) is 0 Å². The van der Waals surface area contributed by atoms with Gasteiger partial charge in [-0.3, -0.25) is 4.79 Å². The lowest BCUT2D eigenvalue weighted by Crippen LogP contribution is -2.37. The number of rotatable bonds is 5. The van der Waals surface area contributed by atoms with Gasteiger partial charge in [-0.1, -0.05) is 19.3 Å². The first kappa shape index (κ1) is 16.5. The fraction of sp³-hybridized carbons (Fsp3) is 0.529. The summed E-state index contributed by atoms with van der Waals surface area (Å²) >= 11 is 0. The largest absolute Gasteiger partial charge is 0.465 e. The molecule has 1 fully saturated rings. The van der Waals surface area contributed by atoms with Crippen LogP contribution < -0.4 is 5.32 Å². The highest BCUT2D eigenvalue weighted by molar-refractivity contribution is 5.96. The highest BCUT2D eigenvalue weighted by Gasteiger charge is 2.22. The van der Waals surface area contributed by atoms with Crippen molar-refractivity contribution in [1.29, 1.82) is 0 Å². The normalized spacial score (nSPS) is 16.8. The fourth-order valence-electron chi connectivity index (χ4n) is 2.86. The Morgan fingerprint density at radius 3 is 2.36 bits per heavy atom. The molecule has 1 amide bonds. The second-order valence-corrected chi connectivity index (χ2v) is 5.74. The lowest BCUT2D eigenvalue weighted by molar-refractivity contribution is 0.0600. The summed E-state index contributed by atoms with van der Waals surface area (Å²) in [6.07, 6.45) is 5.13. The van der Waals surface area contributed by atoms with Crippen molar-refractivity contribution < 1.29 is 19.4 Å². The van der Waals surface area contributed by atoms with Crippen LogP contribution in [0.2, 0.25) is 0 Å². The zero-order chi connectivity index (χ0) is 15.9. The number of benzene rings is 1. The Morgan fingerprint density at radius 1 is 1.18 bits per heavy atom. The Bertz CT molecular complexity index is 506. The summed E-state index contributed by atoms with van der Waals surface area (Å²) < 4.78 is 4.61. The van der Waals surface area contributed by atoms with Crippen molar-refractivity contribution in [2.75, 3.05) is 13.7 Å². The molecule has 1 aliphatic rings. The second-order valence-electron chi connectivity index (χ2n) is 5.74. The van der Waals surface area contributed by atoms with Gasteiger partial charge in [0.15, 0.2) is 0 Å². The van der Waals surface area contributed by atoms with Gasteiger partial charge in [-0.25, -0.2) is 4.79 Å². The van der Waals surface area contributed by atoms with E-state index in [0.717, 1.165) is 25.7 Å². The zero-order valence-electron chi connectivity index (χ0n) is 12.9. The number of aliphatic hydroxyl groups excluding tert-OH is 1. The number of amides is 1. The predicted molar refractivity (Wildman–Crippen MR) is 82.7 cm³/mol. The molecule has 1 atom stereocenters. The van der Waals surface area contributed by atoms with Crippen LogP contribution >= 0.6 is 0 Å². The molecule has 22 heavy (non-hydrogen) atoms. The van der Waals surface area contributed by atoms with Crippen LogP contribution in [-0.2, 0) is 4.74 Å². The van der Waals surface area contributed by atoms with E-state index in [2.05, 4.69) is 10.1 Å². The van der Waals surface area contributed by atoms with E-state index in [-0.39, 0.29) is 18.4 Å². The van der Waals surface area contributed by atoms with Crippen molar-refractivity contribution in [2.24, 2.45) is 5.92 Å². The summed E-state index contributed by atoms with van der Waals surface area (Å²) in [5.74, 6) is -0.387. The predicted octanol–water partition coefficient (Wildman–Crippen LogP) is 2.14. The molecular weight excluding hydrogens is 282 g/mol. The van der Waals surface area contributed by atoms with Gasteiger partial charge >= 0.3 is 5.97 Å². The molecule has 2 rings (SSSR count). The molecule has 0 radical (unpaired) electrons. The van der Waals surface area contributed by atoms with Crippen molar-refractivity contribution in [1.82, 2.24) is 5.32 Å². The topological polar surface area (TPSA) is 75.6 Å². The third-order valence-corrected chi connectivity index (χ3v) is 4.23. The monoisotopic (exact) mass is 305 g/mol. The van der Waals surface area contributed by atoms with Crippen LogP contribution in [0, 0.1) is 5.92 Å². The van der Waals surface area contributed by atoms with Gasteiger partial charge in [0.1, 0.15) is 0 Å². The average molecular weight is 305 g/mol. The second kappa shape index (κ2) is 7.94. The Kier molecular flexibility index (Phi) is 5.95. The van der Waals surface area contributed by atoms with Gasteiger partial charge in [-0.15, -0.1) is 0 Å². The molecule has 0 saturated heterocycles. The van der Waals surface area contributed by atoms with Crippen LogP contribution in [0.4, 0.5) is 0 Å². The van der Waals surface area contributed by atoms with Crippen LogP contribution in [-0.4, -0.2) is 36.7 Å². The third kappa shape index (κ3) is 4.31. The molecular formula is C17H23NO4. The van der Waals surface area contributed by atoms with Crippen molar-refractivity contribution in [3.63, 3.8) is 0 Å². The van der Waals surface area contributed by atoms with Gasteiger partial charge in [0.25, 0.3) is 5.91 Å². The minimum absolute atomic E-state index is 0.244. The number of ether oxygens (including phenoxy) is 1. The first-order valence-corrected chi connectivity index (χ1v) is 7.76. The quantitative estimate of drug-likeness (QED) is 0.817. The highest BCUT2D eigenvalue weighted by Crippen LogP contribution is 2.26. The van der Waals surface area contributed by atoms with E-state index >= 15 is 0 Å². The number of esters is 1. The van der Waals surface area contributed by atoms with E-state index < -0.39 is 12.1 Å². The average Bonchev–Trinajstić information content (AvgIpc) is 2.59. The molecule has 1 aliphatic carbocycles. The summed E-state index contributed by atoms with van der Waals surface area (Å²) in [4.78, 5) is 23.4. The number of methoxy groups -OCH3 is 1. The number of carbonyl (C=O) groups is 2. The Hall–Kier alpha value is -1.88. The van der Waals surface area contributed by atoms with Gasteiger partial charge in [-0.2, -0.15) is 0 Å². The number of hydrogen-bond donors (Lipinski definition) is 2. The summed E-state index contributed by atoms with van der Waals surface area (Å²) in [5, 5.41) is 12.9. The molecule has 1 saturated carbocycles. The van der Waals surface area contributed by atoms with Crippen LogP contribution in [0.25, 0.3) is 0 Å². The van der Waals surface area contributed by atoms with E-state index in [4.69, 9.17) is 0 Å². The van der Waals surface area contributed by atoms with Crippen LogP contribution in [0.5, 0.6) is 0 Å². The smallest absolute Gasteiger partial charge is 0.337 e. The van der Waals surface area contributed by atoms with E-state index in [1.54, 1.807) is 24.3 Å². The maximum atomic E-state index is 12.0. The van der Waals surface area contributed by atoms with Gasteiger partial charge in [0, 0.05) is 12.1 Å². The summed E-state index contributed by atoms with van der Waals surface area (Å²) in [7, 11) is 1.32. The van der Waals surface area contributed by atoms with E-state index in [9.17, 15) is 14.7 Å². The van der Waals surface area contributed by atoms with Crippen molar-refractivity contribution in [3.05, 3.63) is 35.4 Å². The van der Waals surface area contributed by atoms with Crippen LogP contribution in [0.3, 0.4) is 0 Å². The minimum atomic E-state index is -0.487. The number of aliphatic hydroxyl groups is 1. The maximum absolute atomic E-state index is 12.0. The highest BCUT2D eigenvalue weighted by atomic mass is 16.5. The van der Waals surface area contributed by atoms with Crippen molar-refractivity contribution in [3.8, 4) is 0 Å². The minimum Gasteiger partial charge on any atom is -0.465 e. The van der Waals surface area contributed by atoms with Crippen LogP contribution in [0.15, 0.2) is 24.3 Å². The van der Waals surface area contributed by atoms with Crippen LogP contribution in [0.1, 0.15) is 52.8 Å². The lowest BCUT2D eigenvalue weighted by Gasteiger charge is -2.26. The molecule has 5 heteroatoms. The first-order valence-electron chi connectivity index (χ1n) is 7.76. The molecule has 0 heterocycles. The summed E-state index contributed by atoms with van der Waals surface area (Å²) in [5.41, 5.74) is 0.866. The third-order valence-electron chi connectivity index (χ3n) is 4.23. The molecule has 0 aliphatic heterocycles. The molecule has 0 spiro atoms. The van der Waals surface area contributed by atoms with Crippen molar-refractivity contribution in [2.45, 2.75) is 38.2 Å². The lowest BCUT2D eigenvalue weighted by atomic mass is 9.85. The molecule has 5 nitrogen and oxygen atoms in total. The van der Waals surface area contributed by atoms with E-state index in [0.29, 0.717) is 11.1 Å². The zero-order valence-corrected chi connectivity index (χ0v) is 12.9. The Morgan fingerprint density at radius 2 is 1.77 bits per heavy atom. The molecule has 0 aromatic heterocycles. The van der Waals surface area contributed by atoms with E-state index in [1.165, 1.54) is 13.5 Å². The number of nitrogens with one attached hydrogen (secondary N) is 1. The van der Waals surface area contributed by atoms with Gasteiger partial charge < -0.3 is 15.2 Å². The molecule has 2 N–H and O–H groups in total. The number of hydrogen-bond acceptors (Lipinski definition) is 4. The summed E-state index contributed by atoms with van der Waals surface area (Å²) in [6, 6.07) is 6.26. The first-order chi connectivity index (χ1) is 10.6. The molecule has 1 aromatic carbocycles. The summed E-state index contributed by atoms with van der Waals surface area (Å²) in [6.45, 7) is 0.266. The molecule has 0 bridgehead atoms. The van der Waals surface area contributed by atoms with Crippen molar-refractivity contribution >= 4 is 11.9 Å². The fourth-order valence-corrected chi connectivity index (χ4v) is 2.86. The standard InChI is InChI=1S/C17H23NO4/c1-22-17(21)14-9-7-13(8-10-14)16(20)18-11-15(19)12-5-3-2-4-6-12/h7-10,12,15,19H,2-6,11H2,1H3,(H,18,20)/t15-/m1/s1. The van der Waals surface area contributed by atoms with Gasteiger partial charge in [-0.05, 0) is 43.0 Å². The maximum Gasteiger partial charge on any atom is 0.337 e.